The van der Waals surface area contributed by atoms with Gasteiger partial charge in [0.15, 0.2) is 10.4 Å². The van der Waals surface area contributed by atoms with E-state index in [1.807, 2.05) is 47.5 Å². The van der Waals surface area contributed by atoms with Crippen molar-refractivity contribution in [3.05, 3.63) is 34.7 Å². The third-order valence-electron chi connectivity index (χ3n) is 3.17. The maximum Gasteiger partial charge on any atom is 0.184 e. The fourth-order valence-electron chi connectivity index (χ4n) is 2.28. The Balaban J connectivity index is 2.29. The van der Waals surface area contributed by atoms with Gasteiger partial charge in [-0.15, -0.1) is 0 Å². The van der Waals surface area contributed by atoms with Gasteiger partial charge in [0.1, 0.15) is 11.3 Å². The summed E-state index contributed by atoms with van der Waals surface area (Å²) in [6.45, 7) is 1.96. The number of benzene rings is 1. The summed E-state index contributed by atoms with van der Waals surface area (Å²) >= 11 is 5.40. The van der Waals surface area contributed by atoms with Crippen molar-refractivity contribution >= 4 is 23.4 Å². The summed E-state index contributed by atoms with van der Waals surface area (Å²) in [5, 5.41) is 4.40. The molecule has 2 heterocycles. The second-order valence-electron chi connectivity index (χ2n) is 4.37. The van der Waals surface area contributed by atoms with Gasteiger partial charge in [0, 0.05) is 7.05 Å². The lowest BCUT2D eigenvalue weighted by Crippen LogP contribution is -2.00. The van der Waals surface area contributed by atoms with Gasteiger partial charge in [0.05, 0.1) is 18.5 Å². The largest absolute Gasteiger partial charge is 0.497 e. The number of rotatable bonds is 2. The van der Waals surface area contributed by atoms with E-state index in [9.17, 15) is 0 Å². The summed E-state index contributed by atoms with van der Waals surface area (Å²) in [6.07, 6.45) is 0. The molecule has 0 saturated carbocycles. The third kappa shape index (κ3) is 1.76. The molecule has 3 rings (SSSR count). The smallest absolute Gasteiger partial charge is 0.184 e. The minimum Gasteiger partial charge on any atom is -0.497 e. The highest BCUT2D eigenvalue weighted by molar-refractivity contribution is 7.71. The standard InChI is InChI=1S/C13H14N4OS/c1-8-11-12(16(2)15-8)17(13(19)14-11)9-4-6-10(18-3)7-5-9/h4-7H,1-3H3,(H,14,19). The molecule has 0 amide bonds. The summed E-state index contributed by atoms with van der Waals surface area (Å²) in [6, 6.07) is 7.78. The van der Waals surface area contributed by atoms with Crippen LogP contribution in [0.4, 0.5) is 0 Å². The van der Waals surface area contributed by atoms with Crippen LogP contribution in [0.3, 0.4) is 0 Å². The molecule has 0 aliphatic heterocycles. The first-order chi connectivity index (χ1) is 9.11. The third-order valence-corrected chi connectivity index (χ3v) is 3.45. The molecule has 0 radical (unpaired) electrons. The minimum atomic E-state index is 0.663. The molecule has 0 fully saturated rings. The summed E-state index contributed by atoms with van der Waals surface area (Å²) in [7, 11) is 3.57. The number of ether oxygens (including phenoxy) is 1. The Morgan fingerprint density at radius 3 is 2.58 bits per heavy atom. The first-order valence-corrected chi connectivity index (χ1v) is 6.31. The van der Waals surface area contributed by atoms with E-state index in [-0.39, 0.29) is 0 Å². The lowest BCUT2D eigenvalue weighted by molar-refractivity contribution is 0.415. The van der Waals surface area contributed by atoms with Crippen LogP contribution in [0.2, 0.25) is 0 Å². The van der Waals surface area contributed by atoms with Crippen LogP contribution >= 0.6 is 12.2 Å². The number of aromatic nitrogens is 4. The quantitative estimate of drug-likeness (QED) is 0.731. The number of hydrogen-bond acceptors (Lipinski definition) is 3. The van der Waals surface area contributed by atoms with E-state index in [1.54, 1.807) is 7.11 Å². The maximum atomic E-state index is 5.40. The Morgan fingerprint density at radius 1 is 1.26 bits per heavy atom. The molecule has 0 spiro atoms. The second-order valence-corrected chi connectivity index (χ2v) is 4.76. The van der Waals surface area contributed by atoms with E-state index < -0.39 is 0 Å². The van der Waals surface area contributed by atoms with Gasteiger partial charge in [0.2, 0.25) is 0 Å². The molecule has 0 aliphatic rings. The average Bonchev–Trinajstić information content (AvgIpc) is 2.88. The van der Waals surface area contributed by atoms with Gasteiger partial charge in [0.25, 0.3) is 0 Å². The molecule has 3 aromatic rings. The van der Waals surface area contributed by atoms with Crippen LogP contribution in [-0.4, -0.2) is 26.4 Å². The molecule has 1 aromatic carbocycles. The predicted molar refractivity (Wildman–Crippen MR) is 76.5 cm³/mol. The van der Waals surface area contributed by atoms with Crippen LogP contribution in [0.25, 0.3) is 16.9 Å². The number of imidazole rings is 1. The molecule has 0 atom stereocenters. The van der Waals surface area contributed by atoms with Gasteiger partial charge >= 0.3 is 0 Å². The Kier molecular flexibility index (Phi) is 2.67. The first-order valence-electron chi connectivity index (χ1n) is 5.90. The van der Waals surface area contributed by atoms with E-state index in [4.69, 9.17) is 17.0 Å². The first kappa shape index (κ1) is 12.0. The van der Waals surface area contributed by atoms with Crippen molar-refractivity contribution in [2.45, 2.75) is 6.92 Å². The highest BCUT2D eigenvalue weighted by Gasteiger charge is 2.13. The number of aryl methyl sites for hydroxylation is 2. The Morgan fingerprint density at radius 2 is 1.95 bits per heavy atom. The van der Waals surface area contributed by atoms with E-state index >= 15 is 0 Å². The summed E-state index contributed by atoms with van der Waals surface area (Å²) in [4.78, 5) is 3.21. The number of H-pyrrole nitrogens is 1. The molecule has 0 unspecified atom stereocenters. The average molecular weight is 274 g/mol. The number of fused-ring (bicyclic) bond motifs is 1. The van der Waals surface area contributed by atoms with E-state index in [1.165, 1.54) is 0 Å². The fourth-order valence-corrected chi connectivity index (χ4v) is 2.57. The van der Waals surface area contributed by atoms with Gasteiger partial charge in [-0.05, 0) is 43.4 Å². The fraction of sp³-hybridized carbons (Fsp3) is 0.231. The number of aromatic amines is 1. The maximum absolute atomic E-state index is 5.40. The van der Waals surface area contributed by atoms with Crippen LogP contribution in [-0.2, 0) is 7.05 Å². The van der Waals surface area contributed by atoms with Crippen molar-refractivity contribution < 1.29 is 4.74 Å². The SMILES string of the molecule is COc1ccc(-n2c(=S)[nH]c3c(C)nn(C)c32)cc1. The van der Waals surface area contributed by atoms with Crippen molar-refractivity contribution in [3.63, 3.8) is 0 Å². The van der Waals surface area contributed by atoms with Crippen molar-refractivity contribution in [3.8, 4) is 11.4 Å². The van der Waals surface area contributed by atoms with Crippen molar-refractivity contribution in [2.75, 3.05) is 7.11 Å². The minimum absolute atomic E-state index is 0.663. The molecule has 0 saturated heterocycles. The van der Waals surface area contributed by atoms with Crippen LogP contribution < -0.4 is 4.74 Å². The van der Waals surface area contributed by atoms with Crippen LogP contribution in [0.5, 0.6) is 5.75 Å². The molecule has 19 heavy (non-hydrogen) atoms. The molecule has 5 nitrogen and oxygen atoms in total. The Labute approximate surface area is 115 Å². The van der Waals surface area contributed by atoms with Gasteiger partial charge < -0.3 is 9.72 Å². The molecule has 0 aliphatic carbocycles. The van der Waals surface area contributed by atoms with Gasteiger partial charge in [-0.1, -0.05) is 0 Å². The van der Waals surface area contributed by atoms with Gasteiger partial charge in [-0.2, -0.15) is 5.10 Å². The molecule has 98 valence electrons. The van der Waals surface area contributed by atoms with Crippen molar-refractivity contribution in [2.24, 2.45) is 7.05 Å². The number of methoxy groups -OCH3 is 1. The monoisotopic (exact) mass is 274 g/mol. The molecular formula is C13H14N4OS. The molecular weight excluding hydrogens is 260 g/mol. The van der Waals surface area contributed by atoms with E-state index in [2.05, 4.69) is 10.1 Å². The highest BCUT2D eigenvalue weighted by Crippen LogP contribution is 2.22. The topological polar surface area (TPSA) is 47.8 Å². The number of nitrogens with zero attached hydrogens (tertiary/aromatic N) is 3. The van der Waals surface area contributed by atoms with Crippen LogP contribution in [0.1, 0.15) is 5.69 Å². The van der Waals surface area contributed by atoms with E-state index in [0.29, 0.717) is 4.77 Å². The molecule has 6 heteroatoms. The van der Waals surface area contributed by atoms with Crippen molar-refractivity contribution in [1.82, 2.24) is 19.3 Å². The number of nitrogens with one attached hydrogen (secondary N) is 1. The van der Waals surface area contributed by atoms with Crippen LogP contribution in [0, 0.1) is 11.7 Å². The van der Waals surface area contributed by atoms with Crippen molar-refractivity contribution in [1.29, 1.82) is 0 Å². The zero-order valence-electron chi connectivity index (χ0n) is 11.0. The normalized spacial score (nSPS) is 11.1. The predicted octanol–water partition coefficient (Wildman–Crippen LogP) is 2.74. The summed E-state index contributed by atoms with van der Waals surface area (Å²) in [5.41, 5.74) is 3.87. The lowest BCUT2D eigenvalue weighted by Gasteiger charge is -2.06. The highest BCUT2D eigenvalue weighted by atomic mass is 32.1. The number of hydrogen-bond donors (Lipinski definition) is 1. The zero-order chi connectivity index (χ0) is 13.6. The Hall–Kier alpha value is -2.08. The summed E-state index contributed by atoms with van der Waals surface area (Å²) < 4.78 is 9.65. The van der Waals surface area contributed by atoms with Gasteiger partial charge in [-0.25, -0.2) is 4.68 Å². The lowest BCUT2D eigenvalue weighted by atomic mass is 10.3. The van der Waals surface area contributed by atoms with Crippen LogP contribution in [0.15, 0.2) is 24.3 Å². The molecule has 1 N–H and O–H groups in total. The molecule has 2 aromatic heterocycles. The van der Waals surface area contributed by atoms with Gasteiger partial charge in [-0.3, -0.25) is 4.57 Å². The Bertz CT molecular complexity index is 795. The molecule has 0 bridgehead atoms. The van der Waals surface area contributed by atoms with E-state index in [0.717, 1.165) is 28.3 Å². The summed E-state index contributed by atoms with van der Waals surface area (Å²) in [5.74, 6) is 0.822. The zero-order valence-corrected chi connectivity index (χ0v) is 11.8. The second kappa shape index (κ2) is 4.24.